The average molecular weight is 470 g/mol. The van der Waals surface area contributed by atoms with Gasteiger partial charge in [-0.05, 0) is 37.8 Å². The van der Waals surface area contributed by atoms with Gasteiger partial charge in [0.1, 0.15) is 12.2 Å². The van der Waals surface area contributed by atoms with Crippen LogP contribution in [0.3, 0.4) is 0 Å². The molecule has 1 aliphatic rings. The Morgan fingerprint density at radius 3 is 2.61 bits per heavy atom. The number of hydrogen-bond donors (Lipinski definition) is 4. The summed E-state index contributed by atoms with van der Waals surface area (Å²) in [6, 6.07) is 6.35. The first kappa shape index (κ1) is 26.7. The Balaban J connectivity index is 0.00000240. The first-order valence-electron chi connectivity index (χ1n) is 10.3. The molecular formula is C21H33Cl2N7O. The van der Waals surface area contributed by atoms with Crippen molar-refractivity contribution < 1.29 is 4.79 Å². The number of carbonyl (C=O) groups excluding carboxylic acids is 1. The highest BCUT2D eigenvalue weighted by atomic mass is 35.5. The second-order valence-corrected chi connectivity index (χ2v) is 8.11. The number of nitrogens with two attached hydrogens (primary N) is 1. The number of amides is 1. The molecule has 0 aliphatic heterocycles. The van der Waals surface area contributed by atoms with E-state index in [2.05, 4.69) is 50.9 Å². The summed E-state index contributed by atoms with van der Waals surface area (Å²) in [6.45, 7) is 6.73. The van der Waals surface area contributed by atoms with Crippen molar-refractivity contribution in [1.82, 2.24) is 20.6 Å². The van der Waals surface area contributed by atoms with E-state index in [-0.39, 0.29) is 48.6 Å². The van der Waals surface area contributed by atoms with Crippen LogP contribution >= 0.6 is 24.8 Å². The largest absolute Gasteiger partial charge is 0.370 e. The summed E-state index contributed by atoms with van der Waals surface area (Å²) in [4.78, 5) is 21.7. The van der Waals surface area contributed by atoms with Gasteiger partial charge in [-0.2, -0.15) is 5.10 Å². The number of nitrogens with one attached hydrogen (secondary N) is 3. The van der Waals surface area contributed by atoms with E-state index in [1.165, 1.54) is 6.34 Å². The highest BCUT2D eigenvalue weighted by Gasteiger charge is 2.26. The van der Waals surface area contributed by atoms with Gasteiger partial charge in [-0.1, -0.05) is 38.3 Å². The number of benzene rings is 1. The Labute approximate surface area is 196 Å². The summed E-state index contributed by atoms with van der Waals surface area (Å²) in [5.41, 5.74) is 1.88. The Morgan fingerprint density at radius 2 is 1.94 bits per heavy atom. The number of aromatic nitrogens is 2. The maximum atomic E-state index is 12.6. The van der Waals surface area contributed by atoms with Gasteiger partial charge in [0.05, 0.1) is 5.52 Å². The number of rotatable bonds is 7. The molecule has 31 heavy (non-hydrogen) atoms. The molecule has 0 unspecified atom stereocenters. The molecule has 5 N–H and O–H groups in total. The molecule has 1 aromatic carbocycles. The van der Waals surface area contributed by atoms with E-state index in [1.807, 2.05) is 19.1 Å². The Kier molecular flexibility index (Phi) is 10.8. The maximum absolute atomic E-state index is 12.6. The summed E-state index contributed by atoms with van der Waals surface area (Å²) in [5, 5.41) is 14.2. The minimum absolute atomic E-state index is 0. The minimum atomic E-state index is -0.252. The highest BCUT2D eigenvalue weighted by molar-refractivity contribution is 5.96. The molecule has 0 saturated heterocycles. The van der Waals surface area contributed by atoms with Crippen LogP contribution in [0.1, 0.15) is 55.7 Å². The average Bonchev–Trinajstić information content (AvgIpc) is 2.71. The fourth-order valence-electron chi connectivity index (χ4n) is 3.65. The summed E-state index contributed by atoms with van der Waals surface area (Å²) in [5.74, 6) is 6.25. The lowest BCUT2D eigenvalue weighted by Crippen LogP contribution is -2.46. The molecule has 2 atom stereocenters. The predicted molar refractivity (Wildman–Crippen MR) is 131 cm³/mol. The van der Waals surface area contributed by atoms with E-state index in [4.69, 9.17) is 5.84 Å². The summed E-state index contributed by atoms with van der Waals surface area (Å²) < 4.78 is 0. The normalized spacial score (nSPS) is 18.3. The summed E-state index contributed by atoms with van der Waals surface area (Å²) in [7, 11) is 0. The smallest absolute Gasteiger partial charge is 0.289 e. The second-order valence-electron chi connectivity index (χ2n) is 8.11. The third-order valence-corrected chi connectivity index (χ3v) is 5.18. The molecule has 1 aromatic heterocycles. The predicted octanol–water partition coefficient (Wildman–Crippen LogP) is 3.38. The molecule has 3 rings (SSSR count). The molecule has 1 aliphatic carbocycles. The van der Waals surface area contributed by atoms with E-state index >= 15 is 0 Å². The fraction of sp³-hybridized carbons (Fsp3) is 0.524. The second kappa shape index (κ2) is 12.5. The molecule has 1 saturated carbocycles. The number of aryl methyl sites for hydroxylation is 1. The van der Waals surface area contributed by atoms with Gasteiger partial charge in [-0.25, -0.2) is 9.97 Å². The van der Waals surface area contributed by atoms with Crippen LogP contribution in [0, 0.1) is 12.8 Å². The number of hydrogen-bond acceptors (Lipinski definition) is 6. The molecule has 0 bridgehead atoms. The number of nitrogens with zero attached hydrogens (tertiary/aromatic N) is 3. The standard InChI is InChI=1S/C21H31N7O.2ClH/c1-13(2)11-23-21(29)20-26-16-9-8-14(3)10-15(16)19(28-20)27-18-7-5-4-6-17(18)24-12-25-22;;/h8-10,12-13,17-18H,4-7,11,22H2,1-3H3,(H,23,29)(H,24,25)(H,26,27,28);2*1H/t17-,18+;;/m1../s1. The topological polar surface area (TPSA) is 117 Å². The van der Waals surface area contributed by atoms with Crippen molar-refractivity contribution in [1.29, 1.82) is 0 Å². The van der Waals surface area contributed by atoms with Crippen LogP contribution < -0.4 is 21.8 Å². The van der Waals surface area contributed by atoms with Crippen LogP contribution in [-0.4, -0.2) is 40.8 Å². The van der Waals surface area contributed by atoms with E-state index in [0.29, 0.717) is 18.3 Å². The van der Waals surface area contributed by atoms with Crippen molar-refractivity contribution >= 4 is 53.8 Å². The van der Waals surface area contributed by atoms with E-state index in [1.54, 1.807) is 0 Å². The zero-order chi connectivity index (χ0) is 20.8. The Hall–Kier alpha value is -2.32. The molecule has 1 heterocycles. The lowest BCUT2D eigenvalue weighted by atomic mass is 9.90. The summed E-state index contributed by atoms with van der Waals surface area (Å²) in [6.07, 6.45) is 5.85. The molecule has 1 amide bonds. The fourth-order valence-corrected chi connectivity index (χ4v) is 3.65. The minimum Gasteiger partial charge on any atom is -0.370 e. The molecule has 0 spiro atoms. The number of carbonyl (C=O) groups is 1. The number of halogens is 2. The molecule has 0 radical (unpaired) electrons. The summed E-state index contributed by atoms with van der Waals surface area (Å²) >= 11 is 0. The molecular weight excluding hydrogens is 437 g/mol. The van der Waals surface area contributed by atoms with Crippen molar-refractivity contribution in [3.63, 3.8) is 0 Å². The van der Waals surface area contributed by atoms with E-state index < -0.39 is 0 Å². The van der Waals surface area contributed by atoms with Gasteiger partial charge >= 0.3 is 0 Å². The van der Waals surface area contributed by atoms with Gasteiger partial charge in [-0.3, -0.25) is 4.79 Å². The zero-order valence-corrected chi connectivity index (χ0v) is 19.9. The quantitative estimate of drug-likeness (QED) is 0.213. The van der Waals surface area contributed by atoms with Crippen LogP contribution in [0.4, 0.5) is 5.82 Å². The highest BCUT2D eigenvalue weighted by Crippen LogP contribution is 2.26. The van der Waals surface area contributed by atoms with Crippen molar-refractivity contribution in [3.8, 4) is 0 Å². The molecule has 1 fully saturated rings. The van der Waals surface area contributed by atoms with E-state index in [9.17, 15) is 4.79 Å². The van der Waals surface area contributed by atoms with Gasteiger partial charge in [0, 0.05) is 24.0 Å². The van der Waals surface area contributed by atoms with Crippen molar-refractivity contribution in [2.45, 2.75) is 58.5 Å². The van der Waals surface area contributed by atoms with E-state index in [0.717, 1.165) is 42.1 Å². The Morgan fingerprint density at radius 1 is 1.23 bits per heavy atom. The third-order valence-electron chi connectivity index (χ3n) is 5.18. The number of anilines is 1. The van der Waals surface area contributed by atoms with Gasteiger partial charge in [0.15, 0.2) is 0 Å². The first-order valence-corrected chi connectivity index (χ1v) is 10.3. The maximum Gasteiger partial charge on any atom is 0.289 e. The molecule has 10 heteroatoms. The van der Waals surface area contributed by atoms with Crippen LogP contribution in [0.25, 0.3) is 10.9 Å². The monoisotopic (exact) mass is 469 g/mol. The van der Waals surface area contributed by atoms with Crippen LogP contribution in [0.5, 0.6) is 0 Å². The Bertz CT molecular complexity index is 891. The third kappa shape index (κ3) is 7.11. The van der Waals surface area contributed by atoms with Crippen LogP contribution in [0.15, 0.2) is 23.3 Å². The van der Waals surface area contributed by atoms with Gasteiger partial charge < -0.3 is 21.8 Å². The SMILES string of the molecule is Cc1ccc2nc(C(=O)NCC(C)C)nc(N[C@H]3CCCC[C@H]3NC=NN)c2c1.Cl.Cl. The van der Waals surface area contributed by atoms with Crippen molar-refractivity contribution in [3.05, 3.63) is 29.6 Å². The van der Waals surface area contributed by atoms with Crippen molar-refractivity contribution in [2.75, 3.05) is 11.9 Å². The van der Waals surface area contributed by atoms with Crippen molar-refractivity contribution in [2.24, 2.45) is 16.9 Å². The van der Waals surface area contributed by atoms with Gasteiger partial charge in [0.2, 0.25) is 5.82 Å². The molecule has 2 aromatic rings. The van der Waals surface area contributed by atoms with Crippen LogP contribution in [-0.2, 0) is 0 Å². The molecule has 8 nitrogen and oxygen atoms in total. The van der Waals surface area contributed by atoms with Gasteiger partial charge in [0.25, 0.3) is 5.91 Å². The number of hydrazone groups is 1. The molecule has 172 valence electrons. The lowest BCUT2D eigenvalue weighted by Gasteiger charge is -2.32. The van der Waals surface area contributed by atoms with Crippen LogP contribution in [0.2, 0.25) is 0 Å². The number of fused-ring (bicyclic) bond motifs is 1. The lowest BCUT2D eigenvalue weighted by molar-refractivity contribution is 0.0939. The van der Waals surface area contributed by atoms with Gasteiger partial charge in [-0.15, -0.1) is 24.8 Å². The first-order chi connectivity index (χ1) is 14.0. The zero-order valence-electron chi connectivity index (χ0n) is 18.2.